The summed E-state index contributed by atoms with van der Waals surface area (Å²) in [7, 11) is 0. The first-order valence-corrected chi connectivity index (χ1v) is 7.42. The van der Waals surface area contributed by atoms with E-state index in [2.05, 4.69) is 57.2 Å². The van der Waals surface area contributed by atoms with Crippen molar-refractivity contribution in [3.8, 4) is 0 Å². The standard InChI is InChI=1S/C16H22N4/c1-2-7-17-12-14-5-3-4-6-15(14)20-11-10-19-9-8-18-16(19)13-20/h3-6,8-9,17H,2,7,10-13H2,1H3. The highest BCUT2D eigenvalue weighted by Crippen LogP contribution is 2.24. The first kappa shape index (κ1) is 13.2. The van der Waals surface area contributed by atoms with Crippen LogP contribution in [0.3, 0.4) is 0 Å². The van der Waals surface area contributed by atoms with Gasteiger partial charge in [-0.3, -0.25) is 0 Å². The fraction of sp³-hybridized carbons (Fsp3) is 0.438. The van der Waals surface area contributed by atoms with Crippen LogP contribution in [0, 0.1) is 0 Å². The molecule has 0 saturated carbocycles. The van der Waals surface area contributed by atoms with Crippen LogP contribution in [-0.4, -0.2) is 22.6 Å². The molecule has 0 atom stereocenters. The van der Waals surface area contributed by atoms with Crippen molar-refractivity contribution in [2.75, 3.05) is 18.0 Å². The Balaban J connectivity index is 1.77. The summed E-state index contributed by atoms with van der Waals surface area (Å²) in [5.74, 6) is 1.16. The highest BCUT2D eigenvalue weighted by atomic mass is 15.2. The van der Waals surface area contributed by atoms with Crippen LogP contribution in [0.15, 0.2) is 36.7 Å². The summed E-state index contributed by atoms with van der Waals surface area (Å²) in [6.07, 6.45) is 5.14. The van der Waals surface area contributed by atoms with Crippen molar-refractivity contribution in [2.24, 2.45) is 0 Å². The van der Waals surface area contributed by atoms with Gasteiger partial charge in [0.2, 0.25) is 0 Å². The van der Waals surface area contributed by atoms with Crippen LogP contribution in [0.2, 0.25) is 0 Å². The molecule has 4 nitrogen and oxygen atoms in total. The molecule has 0 fully saturated rings. The zero-order valence-corrected chi connectivity index (χ0v) is 12.0. The second kappa shape index (κ2) is 6.09. The number of para-hydroxylation sites is 1. The summed E-state index contributed by atoms with van der Waals surface area (Å²) < 4.78 is 2.24. The average molecular weight is 270 g/mol. The Hall–Kier alpha value is -1.81. The molecule has 1 aromatic carbocycles. The lowest BCUT2D eigenvalue weighted by molar-refractivity contribution is 0.557. The molecule has 0 unspecified atom stereocenters. The van der Waals surface area contributed by atoms with E-state index in [1.807, 2.05) is 6.20 Å². The number of hydrogen-bond acceptors (Lipinski definition) is 3. The highest BCUT2D eigenvalue weighted by molar-refractivity contribution is 5.54. The molecule has 20 heavy (non-hydrogen) atoms. The van der Waals surface area contributed by atoms with E-state index in [-0.39, 0.29) is 0 Å². The molecular formula is C16H22N4. The van der Waals surface area contributed by atoms with E-state index in [1.165, 1.54) is 17.7 Å². The van der Waals surface area contributed by atoms with Gasteiger partial charge in [-0.15, -0.1) is 0 Å². The lowest BCUT2D eigenvalue weighted by Gasteiger charge is -2.31. The van der Waals surface area contributed by atoms with E-state index in [9.17, 15) is 0 Å². The quantitative estimate of drug-likeness (QED) is 0.847. The van der Waals surface area contributed by atoms with E-state index in [1.54, 1.807) is 0 Å². The van der Waals surface area contributed by atoms with Crippen LogP contribution in [0.25, 0.3) is 0 Å². The Morgan fingerprint density at radius 1 is 1.25 bits per heavy atom. The van der Waals surface area contributed by atoms with E-state index in [4.69, 9.17) is 0 Å². The Labute approximate surface area is 120 Å². The second-order valence-electron chi connectivity index (χ2n) is 5.26. The molecule has 2 heterocycles. The Bertz CT molecular complexity index is 561. The monoisotopic (exact) mass is 270 g/mol. The molecule has 1 aromatic heterocycles. The van der Waals surface area contributed by atoms with Crippen molar-refractivity contribution in [1.82, 2.24) is 14.9 Å². The first-order valence-electron chi connectivity index (χ1n) is 7.42. The summed E-state index contributed by atoms with van der Waals surface area (Å²) in [6.45, 7) is 7.18. The molecule has 1 aliphatic heterocycles. The third kappa shape index (κ3) is 2.70. The SMILES string of the molecule is CCCNCc1ccccc1N1CCn2ccnc2C1. The van der Waals surface area contributed by atoms with Crippen molar-refractivity contribution in [2.45, 2.75) is 33.0 Å². The van der Waals surface area contributed by atoms with Crippen molar-refractivity contribution in [1.29, 1.82) is 0 Å². The predicted molar refractivity (Wildman–Crippen MR) is 81.7 cm³/mol. The smallest absolute Gasteiger partial charge is 0.128 e. The second-order valence-corrected chi connectivity index (χ2v) is 5.26. The van der Waals surface area contributed by atoms with Crippen LogP contribution >= 0.6 is 0 Å². The zero-order valence-electron chi connectivity index (χ0n) is 12.0. The summed E-state index contributed by atoms with van der Waals surface area (Å²) >= 11 is 0. The molecule has 106 valence electrons. The van der Waals surface area contributed by atoms with Gasteiger partial charge in [-0.2, -0.15) is 0 Å². The van der Waals surface area contributed by atoms with E-state index in [0.717, 1.165) is 38.5 Å². The summed E-state index contributed by atoms with van der Waals surface area (Å²) in [6, 6.07) is 8.69. The number of hydrogen-bond donors (Lipinski definition) is 1. The number of benzene rings is 1. The van der Waals surface area contributed by atoms with Crippen LogP contribution in [0.1, 0.15) is 24.7 Å². The van der Waals surface area contributed by atoms with Gasteiger partial charge in [-0.05, 0) is 24.6 Å². The van der Waals surface area contributed by atoms with Crippen LogP contribution in [-0.2, 0) is 19.6 Å². The molecule has 0 amide bonds. The number of nitrogens with one attached hydrogen (secondary N) is 1. The lowest BCUT2D eigenvalue weighted by Crippen LogP contribution is -2.34. The van der Waals surface area contributed by atoms with Gasteiger partial charge in [0.25, 0.3) is 0 Å². The van der Waals surface area contributed by atoms with Crippen LogP contribution < -0.4 is 10.2 Å². The zero-order chi connectivity index (χ0) is 13.8. The molecule has 4 heteroatoms. The Kier molecular flexibility index (Phi) is 4.02. The van der Waals surface area contributed by atoms with Gasteiger partial charge in [0.15, 0.2) is 0 Å². The number of rotatable bonds is 5. The molecule has 1 aliphatic rings. The van der Waals surface area contributed by atoms with Gasteiger partial charge in [0.05, 0.1) is 6.54 Å². The minimum absolute atomic E-state index is 0.901. The van der Waals surface area contributed by atoms with Gasteiger partial charge >= 0.3 is 0 Å². The molecule has 0 saturated heterocycles. The minimum Gasteiger partial charge on any atom is -0.362 e. The Morgan fingerprint density at radius 2 is 2.15 bits per heavy atom. The number of aromatic nitrogens is 2. The molecule has 0 aliphatic carbocycles. The van der Waals surface area contributed by atoms with Gasteiger partial charge in [0, 0.05) is 37.7 Å². The molecule has 0 radical (unpaired) electrons. The first-order chi connectivity index (χ1) is 9.88. The van der Waals surface area contributed by atoms with Crippen LogP contribution in [0.4, 0.5) is 5.69 Å². The number of nitrogens with zero attached hydrogens (tertiary/aromatic N) is 3. The van der Waals surface area contributed by atoms with Crippen LogP contribution in [0.5, 0.6) is 0 Å². The van der Waals surface area contributed by atoms with Crippen molar-refractivity contribution >= 4 is 5.69 Å². The molecular weight excluding hydrogens is 248 g/mol. The third-order valence-corrected chi connectivity index (χ3v) is 3.82. The average Bonchev–Trinajstić information content (AvgIpc) is 2.95. The van der Waals surface area contributed by atoms with E-state index >= 15 is 0 Å². The molecule has 0 bridgehead atoms. The molecule has 1 N–H and O–H groups in total. The van der Waals surface area contributed by atoms with Crippen molar-refractivity contribution in [3.05, 3.63) is 48.0 Å². The van der Waals surface area contributed by atoms with Crippen molar-refractivity contribution < 1.29 is 0 Å². The fourth-order valence-corrected chi connectivity index (χ4v) is 2.75. The maximum Gasteiger partial charge on any atom is 0.128 e. The van der Waals surface area contributed by atoms with Gasteiger partial charge in [-0.1, -0.05) is 25.1 Å². The molecule has 2 aromatic rings. The topological polar surface area (TPSA) is 33.1 Å². The maximum atomic E-state index is 4.44. The number of fused-ring (bicyclic) bond motifs is 1. The normalized spacial score (nSPS) is 14.3. The Morgan fingerprint density at radius 3 is 3.05 bits per heavy atom. The van der Waals surface area contributed by atoms with E-state index < -0.39 is 0 Å². The molecule has 0 spiro atoms. The predicted octanol–water partition coefficient (Wildman–Crippen LogP) is 2.40. The highest BCUT2D eigenvalue weighted by Gasteiger charge is 2.18. The molecule has 3 rings (SSSR count). The largest absolute Gasteiger partial charge is 0.362 e. The van der Waals surface area contributed by atoms with E-state index in [0.29, 0.717) is 0 Å². The summed E-state index contributed by atoms with van der Waals surface area (Å²) in [4.78, 5) is 6.88. The fourth-order valence-electron chi connectivity index (χ4n) is 2.75. The third-order valence-electron chi connectivity index (χ3n) is 3.82. The number of anilines is 1. The lowest BCUT2D eigenvalue weighted by atomic mass is 10.1. The number of imidazole rings is 1. The van der Waals surface area contributed by atoms with Gasteiger partial charge in [-0.25, -0.2) is 4.98 Å². The summed E-state index contributed by atoms with van der Waals surface area (Å²) in [5, 5.41) is 3.50. The van der Waals surface area contributed by atoms with Gasteiger partial charge in [0.1, 0.15) is 5.82 Å². The minimum atomic E-state index is 0.901. The van der Waals surface area contributed by atoms with Gasteiger partial charge < -0.3 is 14.8 Å². The maximum absolute atomic E-state index is 4.44. The van der Waals surface area contributed by atoms with Crippen molar-refractivity contribution in [3.63, 3.8) is 0 Å². The summed E-state index contributed by atoms with van der Waals surface area (Å²) in [5.41, 5.74) is 2.71.